The van der Waals surface area contributed by atoms with Gasteiger partial charge < -0.3 is 21.1 Å². The Morgan fingerprint density at radius 1 is 0.658 bits per heavy atom. The first-order valence-corrected chi connectivity index (χ1v) is 11.9. The van der Waals surface area contributed by atoms with Crippen molar-refractivity contribution in [2.24, 2.45) is 23.2 Å². The van der Waals surface area contributed by atoms with Gasteiger partial charge in [0.15, 0.2) is 0 Å². The van der Waals surface area contributed by atoms with Gasteiger partial charge in [-0.2, -0.15) is 0 Å². The first-order valence-electron chi connectivity index (χ1n) is 11.9. The maximum Gasteiger partial charge on any atom is 0.333 e. The smallest absolute Gasteiger partial charge is 0.333 e. The van der Waals surface area contributed by atoms with E-state index in [1.54, 1.807) is 4.57 Å². The molecule has 0 bridgehead atoms. The van der Waals surface area contributed by atoms with Crippen LogP contribution in [0.5, 0.6) is 0 Å². The zero-order valence-corrected chi connectivity index (χ0v) is 20.4. The highest BCUT2D eigenvalue weighted by Crippen LogP contribution is 2.45. The number of rotatable bonds is 6. The van der Waals surface area contributed by atoms with Gasteiger partial charge in [-0.3, -0.25) is 0 Å². The van der Waals surface area contributed by atoms with E-state index in [0.717, 1.165) is 31.9 Å². The Bertz CT molecular complexity index is 1550. The van der Waals surface area contributed by atoms with E-state index in [2.05, 4.69) is 0 Å². The number of aliphatic hydroxyl groups excluding tert-OH is 1. The maximum atomic E-state index is 12.4. The zero-order chi connectivity index (χ0) is 27.0. The Balaban J connectivity index is 2.00. The van der Waals surface area contributed by atoms with Crippen LogP contribution >= 0.6 is 0 Å². The number of hydrogen-bond acceptors (Lipinski definition) is 5. The summed E-state index contributed by atoms with van der Waals surface area (Å²) in [6.07, 6.45) is 0. The Kier molecular flexibility index (Phi) is 6.43. The number of hydrazine groups is 2. The average molecular weight is 510 g/mol. The van der Waals surface area contributed by atoms with Gasteiger partial charge in [0.1, 0.15) is 0 Å². The first-order chi connectivity index (χ1) is 18.3. The van der Waals surface area contributed by atoms with Crippen molar-refractivity contribution in [3.8, 4) is 22.3 Å². The van der Waals surface area contributed by atoms with Crippen LogP contribution in [-0.2, 0) is 6.54 Å². The molecule has 0 aliphatic heterocycles. The van der Waals surface area contributed by atoms with Crippen LogP contribution in [0.1, 0.15) is 0 Å². The standard InChI is InChI=1S/C28H27N7O3/c29-27(37)34(31)25-19(17-7-3-1-4-8-17)11-13-21-22-14-12-20(18-9-5-2-6-10-18)26(35(32)28(30)38)24(22)33(15-16-36)23(21)25/h1-14,36H,15-16,31-32H2,(H2,29,37)(H2,30,38). The van der Waals surface area contributed by atoms with Gasteiger partial charge in [0.05, 0.1) is 29.0 Å². The maximum absolute atomic E-state index is 12.4. The SMILES string of the molecule is NC(=O)N(N)c1c(-c2ccccc2)ccc2c3ccc(-c4ccccc4)c(N(N)C(N)=O)c3n(CCO)c12. The molecule has 0 aliphatic rings. The predicted octanol–water partition coefficient (Wildman–Crippen LogP) is 3.64. The minimum absolute atomic E-state index is 0.107. The highest BCUT2D eigenvalue weighted by atomic mass is 16.3. The summed E-state index contributed by atoms with van der Waals surface area (Å²) >= 11 is 0. The number of aromatic nitrogens is 1. The number of carbonyl (C=O) groups is 2. The first kappa shape index (κ1) is 24.8. The van der Waals surface area contributed by atoms with E-state index in [-0.39, 0.29) is 13.2 Å². The lowest BCUT2D eigenvalue weighted by molar-refractivity contribution is 0.253. The third kappa shape index (κ3) is 3.98. The van der Waals surface area contributed by atoms with Crippen LogP contribution in [0.15, 0.2) is 84.9 Å². The van der Waals surface area contributed by atoms with E-state index in [0.29, 0.717) is 33.5 Å². The summed E-state index contributed by atoms with van der Waals surface area (Å²) in [4.78, 5) is 24.8. The number of urea groups is 2. The van der Waals surface area contributed by atoms with Crippen molar-refractivity contribution >= 4 is 45.2 Å². The normalized spacial score (nSPS) is 11.1. The topological polar surface area (TPSA) is 170 Å². The second-order valence-electron chi connectivity index (χ2n) is 8.74. The highest BCUT2D eigenvalue weighted by molar-refractivity contribution is 6.21. The number of benzene rings is 4. The number of fused-ring (bicyclic) bond motifs is 3. The van der Waals surface area contributed by atoms with Crippen molar-refractivity contribution in [3.63, 3.8) is 0 Å². The molecule has 0 saturated carbocycles. The van der Waals surface area contributed by atoms with Crippen LogP contribution in [0.2, 0.25) is 0 Å². The summed E-state index contributed by atoms with van der Waals surface area (Å²) < 4.78 is 1.79. The summed E-state index contributed by atoms with van der Waals surface area (Å²) in [5.41, 5.74) is 16.0. The summed E-state index contributed by atoms with van der Waals surface area (Å²) in [6, 6.07) is 24.7. The lowest BCUT2D eigenvalue weighted by atomic mass is 9.98. The molecule has 192 valence electrons. The van der Waals surface area contributed by atoms with Crippen molar-refractivity contribution in [3.05, 3.63) is 84.9 Å². The molecule has 0 spiro atoms. The second-order valence-corrected chi connectivity index (χ2v) is 8.74. The van der Waals surface area contributed by atoms with Gasteiger partial charge >= 0.3 is 12.1 Å². The third-order valence-electron chi connectivity index (χ3n) is 6.58. The van der Waals surface area contributed by atoms with E-state index in [9.17, 15) is 14.7 Å². The highest BCUT2D eigenvalue weighted by Gasteiger charge is 2.27. The molecule has 10 nitrogen and oxygen atoms in total. The van der Waals surface area contributed by atoms with Crippen molar-refractivity contribution < 1.29 is 14.7 Å². The molecule has 0 saturated heterocycles. The number of primary amides is 2. The quantitative estimate of drug-likeness (QED) is 0.133. The predicted molar refractivity (Wildman–Crippen MR) is 150 cm³/mol. The summed E-state index contributed by atoms with van der Waals surface area (Å²) in [7, 11) is 0. The molecular weight excluding hydrogens is 482 g/mol. The van der Waals surface area contributed by atoms with E-state index in [4.69, 9.17) is 23.2 Å². The van der Waals surface area contributed by atoms with Gasteiger partial charge in [0.2, 0.25) is 0 Å². The van der Waals surface area contributed by atoms with Gasteiger partial charge in [0, 0.05) is 28.4 Å². The van der Waals surface area contributed by atoms with E-state index in [1.807, 2.05) is 84.9 Å². The van der Waals surface area contributed by atoms with Crippen molar-refractivity contribution in [1.29, 1.82) is 0 Å². The molecule has 0 unspecified atom stereocenters. The summed E-state index contributed by atoms with van der Waals surface area (Å²) in [5, 5.41) is 13.3. The summed E-state index contributed by atoms with van der Waals surface area (Å²) in [6.45, 7) is -0.138. The molecule has 5 aromatic rings. The monoisotopic (exact) mass is 509 g/mol. The number of nitrogens with two attached hydrogens (primary N) is 4. The van der Waals surface area contributed by atoms with Crippen molar-refractivity contribution in [1.82, 2.24) is 4.57 Å². The Morgan fingerprint density at radius 2 is 1.05 bits per heavy atom. The molecule has 4 amide bonds. The van der Waals surface area contributed by atoms with E-state index < -0.39 is 12.1 Å². The molecule has 9 N–H and O–H groups in total. The van der Waals surface area contributed by atoms with Crippen LogP contribution in [0.3, 0.4) is 0 Å². The minimum Gasteiger partial charge on any atom is -0.395 e. The molecule has 10 heteroatoms. The molecule has 4 aromatic carbocycles. The van der Waals surface area contributed by atoms with Gasteiger partial charge in [-0.05, 0) is 11.1 Å². The fourth-order valence-corrected chi connectivity index (χ4v) is 4.99. The number of hydrogen-bond donors (Lipinski definition) is 5. The zero-order valence-electron chi connectivity index (χ0n) is 20.4. The van der Waals surface area contributed by atoms with Crippen molar-refractivity contribution in [2.45, 2.75) is 6.54 Å². The van der Waals surface area contributed by atoms with Gasteiger partial charge in [0.25, 0.3) is 0 Å². The number of amides is 4. The van der Waals surface area contributed by atoms with E-state index in [1.165, 1.54) is 0 Å². The second kappa shape index (κ2) is 9.87. The molecule has 5 rings (SSSR count). The molecule has 0 aliphatic carbocycles. The Hall–Kier alpha value is -4.90. The van der Waals surface area contributed by atoms with Gasteiger partial charge in [-0.15, -0.1) is 0 Å². The molecule has 0 atom stereocenters. The largest absolute Gasteiger partial charge is 0.395 e. The fraction of sp³-hybridized carbons (Fsp3) is 0.0714. The molecule has 0 radical (unpaired) electrons. The van der Waals surface area contributed by atoms with E-state index >= 15 is 0 Å². The number of aliphatic hydroxyl groups is 1. The summed E-state index contributed by atoms with van der Waals surface area (Å²) in [5.74, 6) is 12.5. The number of nitrogens with zero attached hydrogens (tertiary/aromatic N) is 3. The minimum atomic E-state index is -0.863. The molecule has 0 fully saturated rings. The Morgan fingerprint density at radius 3 is 1.39 bits per heavy atom. The van der Waals surface area contributed by atoms with Gasteiger partial charge in [-0.1, -0.05) is 84.9 Å². The van der Waals surface area contributed by atoms with Crippen LogP contribution in [0.25, 0.3) is 44.1 Å². The lowest BCUT2D eigenvalue weighted by Crippen LogP contribution is -2.42. The van der Waals surface area contributed by atoms with Crippen LogP contribution < -0.4 is 33.2 Å². The molecular formula is C28H27N7O3. The number of carbonyl (C=O) groups excluding carboxylic acids is 2. The lowest BCUT2D eigenvalue weighted by Gasteiger charge is -2.23. The molecule has 1 heterocycles. The van der Waals surface area contributed by atoms with Gasteiger partial charge in [-0.25, -0.2) is 31.3 Å². The van der Waals surface area contributed by atoms with Crippen LogP contribution in [0, 0.1) is 0 Å². The van der Waals surface area contributed by atoms with Crippen LogP contribution in [-0.4, -0.2) is 28.3 Å². The Labute approximate surface area is 218 Å². The number of anilines is 2. The van der Waals surface area contributed by atoms with Crippen LogP contribution in [0.4, 0.5) is 21.0 Å². The molecule has 38 heavy (non-hydrogen) atoms. The average Bonchev–Trinajstić information content (AvgIpc) is 3.25. The fourth-order valence-electron chi connectivity index (χ4n) is 4.99. The molecule has 1 aromatic heterocycles. The third-order valence-corrected chi connectivity index (χ3v) is 6.58. The van der Waals surface area contributed by atoms with Crippen molar-refractivity contribution in [2.75, 3.05) is 16.6 Å².